The Labute approximate surface area is 95.8 Å². The number of benzene rings is 1. The van der Waals surface area contributed by atoms with Gasteiger partial charge in [-0.1, -0.05) is 12.1 Å². The Bertz CT molecular complexity index is 364. The SMILES string of the molecule is COCCC(=O)Nc1cc(CN)ccc1C. The molecule has 0 saturated heterocycles. The van der Waals surface area contributed by atoms with Gasteiger partial charge in [0.1, 0.15) is 0 Å². The number of rotatable bonds is 5. The van der Waals surface area contributed by atoms with Gasteiger partial charge in [-0.2, -0.15) is 0 Å². The highest BCUT2D eigenvalue weighted by Gasteiger charge is 2.05. The first-order valence-electron chi connectivity index (χ1n) is 5.25. The molecule has 4 heteroatoms. The molecule has 16 heavy (non-hydrogen) atoms. The Morgan fingerprint density at radius 1 is 1.50 bits per heavy atom. The summed E-state index contributed by atoms with van der Waals surface area (Å²) in [6, 6.07) is 5.81. The number of methoxy groups -OCH3 is 1. The van der Waals surface area contributed by atoms with Crippen molar-refractivity contribution < 1.29 is 9.53 Å². The third-order valence-corrected chi connectivity index (χ3v) is 2.35. The van der Waals surface area contributed by atoms with Gasteiger partial charge in [-0.15, -0.1) is 0 Å². The van der Waals surface area contributed by atoms with E-state index in [1.165, 1.54) is 0 Å². The van der Waals surface area contributed by atoms with Crippen molar-refractivity contribution in [2.75, 3.05) is 19.0 Å². The van der Waals surface area contributed by atoms with E-state index in [2.05, 4.69) is 5.32 Å². The van der Waals surface area contributed by atoms with Crippen LogP contribution < -0.4 is 11.1 Å². The topological polar surface area (TPSA) is 64.3 Å². The fourth-order valence-corrected chi connectivity index (χ4v) is 1.34. The summed E-state index contributed by atoms with van der Waals surface area (Å²) >= 11 is 0. The van der Waals surface area contributed by atoms with Crippen molar-refractivity contribution in [1.29, 1.82) is 0 Å². The van der Waals surface area contributed by atoms with Crippen LogP contribution in [0.4, 0.5) is 5.69 Å². The van der Waals surface area contributed by atoms with Crippen LogP contribution in [-0.4, -0.2) is 19.6 Å². The molecule has 88 valence electrons. The third-order valence-electron chi connectivity index (χ3n) is 2.35. The Balaban J connectivity index is 2.68. The van der Waals surface area contributed by atoms with E-state index in [-0.39, 0.29) is 5.91 Å². The molecule has 0 aliphatic heterocycles. The first-order chi connectivity index (χ1) is 7.67. The number of carbonyl (C=O) groups is 1. The predicted octanol–water partition coefficient (Wildman–Crippen LogP) is 1.43. The normalized spacial score (nSPS) is 10.2. The fraction of sp³-hybridized carbons (Fsp3) is 0.417. The molecule has 1 aromatic carbocycles. The predicted molar refractivity (Wildman–Crippen MR) is 64.2 cm³/mol. The van der Waals surface area contributed by atoms with Crippen LogP contribution in [0, 0.1) is 6.92 Å². The van der Waals surface area contributed by atoms with E-state index in [0.717, 1.165) is 16.8 Å². The monoisotopic (exact) mass is 222 g/mol. The molecule has 0 aliphatic carbocycles. The van der Waals surface area contributed by atoms with E-state index in [9.17, 15) is 4.79 Å². The van der Waals surface area contributed by atoms with E-state index >= 15 is 0 Å². The van der Waals surface area contributed by atoms with Gasteiger partial charge in [0.2, 0.25) is 5.91 Å². The molecule has 0 saturated carbocycles. The van der Waals surface area contributed by atoms with Crippen LogP contribution in [0.5, 0.6) is 0 Å². The summed E-state index contributed by atoms with van der Waals surface area (Å²) in [6.07, 6.45) is 0.364. The third kappa shape index (κ3) is 3.64. The van der Waals surface area contributed by atoms with Crippen molar-refractivity contribution in [2.24, 2.45) is 5.73 Å². The van der Waals surface area contributed by atoms with E-state index in [4.69, 9.17) is 10.5 Å². The van der Waals surface area contributed by atoms with Crippen molar-refractivity contribution >= 4 is 11.6 Å². The number of anilines is 1. The van der Waals surface area contributed by atoms with Gasteiger partial charge in [-0.25, -0.2) is 0 Å². The molecule has 1 aromatic rings. The lowest BCUT2D eigenvalue weighted by atomic mass is 10.1. The molecule has 0 unspecified atom stereocenters. The minimum atomic E-state index is -0.0425. The van der Waals surface area contributed by atoms with Crippen molar-refractivity contribution in [1.82, 2.24) is 0 Å². The molecule has 0 aliphatic rings. The van der Waals surface area contributed by atoms with Gasteiger partial charge >= 0.3 is 0 Å². The average Bonchev–Trinajstić information content (AvgIpc) is 2.29. The molecular formula is C12H18N2O2. The highest BCUT2D eigenvalue weighted by molar-refractivity contribution is 5.91. The highest BCUT2D eigenvalue weighted by Crippen LogP contribution is 2.16. The number of amides is 1. The zero-order chi connectivity index (χ0) is 12.0. The van der Waals surface area contributed by atoms with Crippen molar-refractivity contribution in [3.05, 3.63) is 29.3 Å². The van der Waals surface area contributed by atoms with E-state index < -0.39 is 0 Å². The van der Waals surface area contributed by atoms with Gasteiger partial charge in [0, 0.05) is 19.3 Å². The van der Waals surface area contributed by atoms with Crippen LogP contribution in [0.15, 0.2) is 18.2 Å². The number of carbonyl (C=O) groups excluding carboxylic acids is 1. The molecule has 0 heterocycles. The van der Waals surface area contributed by atoms with E-state index in [1.54, 1.807) is 7.11 Å². The Morgan fingerprint density at radius 3 is 2.88 bits per heavy atom. The summed E-state index contributed by atoms with van der Waals surface area (Å²) in [5, 5.41) is 2.85. The van der Waals surface area contributed by atoms with Crippen LogP contribution in [0.1, 0.15) is 17.5 Å². The zero-order valence-corrected chi connectivity index (χ0v) is 9.75. The molecule has 4 nitrogen and oxygen atoms in total. The van der Waals surface area contributed by atoms with E-state index in [1.807, 2.05) is 25.1 Å². The highest BCUT2D eigenvalue weighted by atomic mass is 16.5. The number of hydrogen-bond donors (Lipinski definition) is 2. The Morgan fingerprint density at radius 2 is 2.25 bits per heavy atom. The summed E-state index contributed by atoms with van der Waals surface area (Å²) in [6.45, 7) is 2.86. The van der Waals surface area contributed by atoms with E-state index in [0.29, 0.717) is 19.6 Å². The molecule has 3 N–H and O–H groups in total. The van der Waals surface area contributed by atoms with Gasteiger partial charge in [-0.05, 0) is 24.1 Å². The first-order valence-corrected chi connectivity index (χ1v) is 5.25. The minimum absolute atomic E-state index is 0.0425. The summed E-state index contributed by atoms with van der Waals surface area (Å²) in [4.78, 5) is 11.5. The molecule has 1 rings (SSSR count). The molecule has 1 amide bonds. The lowest BCUT2D eigenvalue weighted by molar-refractivity contribution is -0.117. The Kier molecular flexibility index (Phi) is 4.95. The second kappa shape index (κ2) is 6.25. The number of nitrogens with two attached hydrogens (primary N) is 1. The number of nitrogens with one attached hydrogen (secondary N) is 1. The molecular weight excluding hydrogens is 204 g/mol. The second-order valence-corrected chi connectivity index (χ2v) is 3.64. The molecule has 0 fully saturated rings. The molecule has 0 radical (unpaired) electrons. The van der Waals surface area contributed by atoms with Gasteiger partial charge < -0.3 is 15.8 Å². The number of ether oxygens (including phenoxy) is 1. The molecule has 0 bridgehead atoms. The van der Waals surface area contributed by atoms with Gasteiger partial charge in [-0.3, -0.25) is 4.79 Å². The van der Waals surface area contributed by atoms with Crippen molar-refractivity contribution in [3.8, 4) is 0 Å². The van der Waals surface area contributed by atoms with Crippen molar-refractivity contribution in [3.63, 3.8) is 0 Å². The zero-order valence-electron chi connectivity index (χ0n) is 9.75. The first kappa shape index (κ1) is 12.7. The van der Waals surface area contributed by atoms with Crippen LogP contribution in [-0.2, 0) is 16.1 Å². The maximum absolute atomic E-state index is 11.5. The maximum Gasteiger partial charge on any atom is 0.226 e. The van der Waals surface area contributed by atoms with Crippen LogP contribution in [0.25, 0.3) is 0 Å². The van der Waals surface area contributed by atoms with Crippen LogP contribution >= 0.6 is 0 Å². The second-order valence-electron chi connectivity index (χ2n) is 3.64. The molecule has 0 spiro atoms. The number of aryl methyl sites for hydroxylation is 1. The minimum Gasteiger partial charge on any atom is -0.384 e. The molecule has 0 atom stereocenters. The fourth-order valence-electron chi connectivity index (χ4n) is 1.34. The lowest BCUT2D eigenvalue weighted by Gasteiger charge is -2.09. The summed E-state index contributed by atoms with van der Waals surface area (Å²) in [5.41, 5.74) is 8.41. The van der Waals surface area contributed by atoms with Crippen LogP contribution in [0.3, 0.4) is 0 Å². The lowest BCUT2D eigenvalue weighted by Crippen LogP contribution is -2.14. The van der Waals surface area contributed by atoms with Gasteiger partial charge in [0.25, 0.3) is 0 Å². The average molecular weight is 222 g/mol. The number of hydrogen-bond acceptors (Lipinski definition) is 3. The van der Waals surface area contributed by atoms with Crippen molar-refractivity contribution in [2.45, 2.75) is 19.9 Å². The maximum atomic E-state index is 11.5. The largest absolute Gasteiger partial charge is 0.384 e. The van der Waals surface area contributed by atoms with Gasteiger partial charge in [0.15, 0.2) is 0 Å². The summed E-state index contributed by atoms with van der Waals surface area (Å²) < 4.78 is 4.84. The standard InChI is InChI=1S/C12H18N2O2/c1-9-3-4-10(8-13)7-11(9)14-12(15)5-6-16-2/h3-4,7H,5-6,8,13H2,1-2H3,(H,14,15). The molecule has 0 aromatic heterocycles. The van der Waals surface area contributed by atoms with Gasteiger partial charge in [0.05, 0.1) is 13.0 Å². The Hall–Kier alpha value is -1.39. The van der Waals surface area contributed by atoms with Crippen LogP contribution in [0.2, 0.25) is 0 Å². The smallest absolute Gasteiger partial charge is 0.226 e. The summed E-state index contributed by atoms with van der Waals surface area (Å²) in [5.74, 6) is -0.0425. The quantitative estimate of drug-likeness (QED) is 0.792. The summed E-state index contributed by atoms with van der Waals surface area (Å²) in [7, 11) is 1.58.